The van der Waals surface area contributed by atoms with E-state index in [4.69, 9.17) is 5.73 Å². The van der Waals surface area contributed by atoms with Crippen molar-refractivity contribution in [1.29, 1.82) is 0 Å². The second-order valence-electron chi connectivity index (χ2n) is 7.36. The van der Waals surface area contributed by atoms with Crippen LogP contribution < -0.4 is 5.73 Å². The third kappa shape index (κ3) is 2.75. The van der Waals surface area contributed by atoms with Gasteiger partial charge in [0.2, 0.25) is 10.0 Å². The average molecular weight is 356 g/mol. The van der Waals surface area contributed by atoms with Crippen LogP contribution in [-0.2, 0) is 10.0 Å². The lowest BCUT2D eigenvalue weighted by molar-refractivity contribution is -0.0441. The number of rotatable bonds is 3. The number of sulfonamides is 1. The van der Waals surface area contributed by atoms with E-state index in [2.05, 4.69) is 12.1 Å². The van der Waals surface area contributed by atoms with Crippen LogP contribution in [0.15, 0.2) is 59.5 Å². The molecule has 1 aliphatic heterocycles. The van der Waals surface area contributed by atoms with Crippen molar-refractivity contribution in [3.05, 3.63) is 60.2 Å². The number of nitrogens with two attached hydrogens (primary N) is 1. The molecule has 2 aliphatic rings. The minimum atomic E-state index is -3.51. The molecule has 1 heterocycles. The Balaban J connectivity index is 1.73. The molecular weight excluding hydrogens is 332 g/mol. The van der Waals surface area contributed by atoms with Gasteiger partial charge in [-0.05, 0) is 42.7 Å². The Bertz CT molecular complexity index is 841. The topological polar surface area (TPSA) is 63.4 Å². The second-order valence-corrected chi connectivity index (χ2v) is 9.25. The third-order valence-electron chi connectivity index (χ3n) is 5.79. The van der Waals surface area contributed by atoms with Crippen molar-refractivity contribution >= 4 is 15.7 Å². The summed E-state index contributed by atoms with van der Waals surface area (Å²) in [6.45, 7) is 0.624. The van der Waals surface area contributed by atoms with Crippen molar-refractivity contribution in [3.63, 3.8) is 0 Å². The fourth-order valence-electron chi connectivity index (χ4n) is 4.52. The van der Waals surface area contributed by atoms with E-state index in [1.807, 2.05) is 18.2 Å². The molecule has 2 aromatic carbocycles. The van der Waals surface area contributed by atoms with E-state index in [-0.39, 0.29) is 11.5 Å². The smallest absolute Gasteiger partial charge is 0.243 e. The number of benzene rings is 2. The first-order chi connectivity index (χ1) is 12.0. The van der Waals surface area contributed by atoms with E-state index >= 15 is 0 Å². The van der Waals surface area contributed by atoms with Gasteiger partial charge in [0, 0.05) is 17.6 Å². The maximum Gasteiger partial charge on any atom is 0.243 e. The molecule has 4 rings (SSSR count). The highest BCUT2D eigenvalue weighted by atomic mass is 32.2. The Morgan fingerprint density at radius 1 is 0.920 bits per heavy atom. The largest absolute Gasteiger partial charge is 0.399 e. The predicted molar refractivity (Wildman–Crippen MR) is 99.4 cm³/mol. The lowest BCUT2D eigenvalue weighted by Gasteiger charge is -2.58. The van der Waals surface area contributed by atoms with Crippen molar-refractivity contribution in [2.75, 3.05) is 12.3 Å². The Labute approximate surface area is 149 Å². The molecule has 2 fully saturated rings. The fraction of sp³-hybridized carbons (Fsp3) is 0.400. The van der Waals surface area contributed by atoms with E-state index in [1.165, 1.54) is 19.3 Å². The molecule has 5 heteroatoms. The van der Waals surface area contributed by atoms with Gasteiger partial charge in [0.1, 0.15) is 0 Å². The van der Waals surface area contributed by atoms with E-state index in [0.717, 1.165) is 18.4 Å². The molecule has 4 nitrogen and oxygen atoms in total. The summed E-state index contributed by atoms with van der Waals surface area (Å²) in [5, 5.41) is 0. The number of anilines is 1. The molecule has 0 aromatic heterocycles. The summed E-state index contributed by atoms with van der Waals surface area (Å²) < 4.78 is 28.1. The lowest BCUT2D eigenvalue weighted by atomic mass is 9.62. The highest BCUT2D eigenvalue weighted by Gasteiger charge is 2.57. The van der Waals surface area contributed by atoms with Gasteiger partial charge in [0.15, 0.2) is 0 Å². The first-order valence-corrected chi connectivity index (χ1v) is 10.4. The zero-order valence-corrected chi connectivity index (χ0v) is 15.1. The summed E-state index contributed by atoms with van der Waals surface area (Å²) in [6, 6.07) is 16.6. The van der Waals surface area contributed by atoms with Gasteiger partial charge in [0.25, 0.3) is 0 Å². The molecule has 0 radical (unpaired) electrons. The van der Waals surface area contributed by atoms with Crippen LogP contribution in [0.25, 0.3) is 0 Å². The van der Waals surface area contributed by atoms with Crippen LogP contribution in [-0.4, -0.2) is 19.3 Å². The zero-order valence-electron chi connectivity index (χ0n) is 14.3. The van der Waals surface area contributed by atoms with Gasteiger partial charge in [0.05, 0.1) is 10.9 Å². The van der Waals surface area contributed by atoms with Crippen molar-refractivity contribution in [2.24, 2.45) is 5.41 Å². The predicted octanol–water partition coefficient (Wildman–Crippen LogP) is 3.96. The van der Waals surface area contributed by atoms with Crippen LogP contribution >= 0.6 is 0 Å². The molecule has 1 spiro atoms. The van der Waals surface area contributed by atoms with Crippen molar-refractivity contribution in [3.8, 4) is 0 Å². The summed E-state index contributed by atoms with van der Waals surface area (Å²) in [7, 11) is -3.51. The molecule has 0 bridgehead atoms. The Hall–Kier alpha value is -1.85. The second kappa shape index (κ2) is 6.15. The molecule has 0 amide bonds. The van der Waals surface area contributed by atoms with Crippen LogP contribution in [0.3, 0.4) is 0 Å². The van der Waals surface area contributed by atoms with Gasteiger partial charge >= 0.3 is 0 Å². The summed E-state index contributed by atoms with van der Waals surface area (Å²) >= 11 is 0. The van der Waals surface area contributed by atoms with Crippen LogP contribution in [0.4, 0.5) is 5.69 Å². The van der Waals surface area contributed by atoms with Crippen molar-refractivity contribution in [2.45, 2.75) is 43.0 Å². The third-order valence-corrected chi connectivity index (χ3v) is 7.62. The maximum absolute atomic E-state index is 13.2. The molecule has 1 unspecified atom stereocenters. The van der Waals surface area contributed by atoms with Crippen LogP contribution in [0.5, 0.6) is 0 Å². The summed E-state index contributed by atoms with van der Waals surface area (Å²) in [4.78, 5) is 0.327. The number of hydrogen-bond acceptors (Lipinski definition) is 3. The van der Waals surface area contributed by atoms with Gasteiger partial charge in [-0.2, -0.15) is 4.31 Å². The lowest BCUT2D eigenvalue weighted by Crippen LogP contribution is -2.60. The number of nitrogen functional groups attached to an aromatic ring is 1. The molecule has 25 heavy (non-hydrogen) atoms. The number of nitrogens with zero attached hydrogens (tertiary/aromatic N) is 1. The quantitative estimate of drug-likeness (QED) is 0.847. The Morgan fingerprint density at radius 3 is 2.20 bits per heavy atom. The molecule has 1 saturated heterocycles. The summed E-state index contributed by atoms with van der Waals surface area (Å²) in [5.74, 6) is 0. The van der Waals surface area contributed by atoms with Gasteiger partial charge in [-0.15, -0.1) is 0 Å². The molecule has 2 N–H and O–H groups in total. The zero-order chi connectivity index (χ0) is 17.5. The summed E-state index contributed by atoms with van der Waals surface area (Å²) in [6.07, 6.45) is 5.87. The minimum Gasteiger partial charge on any atom is -0.399 e. The summed E-state index contributed by atoms with van der Waals surface area (Å²) in [5.41, 5.74) is 7.49. The first-order valence-electron chi connectivity index (χ1n) is 8.95. The maximum atomic E-state index is 13.2. The van der Waals surface area contributed by atoms with Crippen molar-refractivity contribution < 1.29 is 8.42 Å². The highest BCUT2D eigenvalue weighted by Crippen LogP contribution is 2.58. The standard InChI is InChI=1S/C20H24N2O2S/c21-17-9-11-18(12-10-17)25(23,24)22-15-20(13-5-2-6-14-20)19(22)16-7-3-1-4-8-16/h1,3-4,7-12,19H,2,5-6,13-15,21H2. The van der Waals surface area contributed by atoms with Crippen LogP contribution in [0.2, 0.25) is 0 Å². The van der Waals surface area contributed by atoms with E-state index in [9.17, 15) is 8.42 Å². The van der Waals surface area contributed by atoms with E-state index in [0.29, 0.717) is 17.1 Å². The van der Waals surface area contributed by atoms with Crippen LogP contribution in [0, 0.1) is 5.41 Å². The minimum absolute atomic E-state index is 0.0587. The number of hydrogen-bond donors (Lipinski definition) is 1. The first kappa shape index (κ1) is 16.6. The molecule has 2 aromatic rings. The van der Waals surface area contributed by atoms with Gasteiger partial charge in [-0.3, -0.25) is 0 Å². The van der Waals surface area contributed by atoms with Crippen LogP contribution in [0.1, 0.15) is 43.7 Å². The average Bonchev–Trinajstić information content (AvgIpc) is 2.62. The Kier molecular flexibility index (Phi) is 4.08. The van der Waals surface area contributed by atoms with Gasteiger partial charge in [-0.25, -0.2) is 8.42 Å². The Morgan fingerprint density at radius 2 is 1.56 bits per heavy atom. The molecule has 1 saturated carbocycles. The van der Waals surface area contributed by atoms with Crippen molar-refractivity contribution in [1.82, 2.24) is 4.31 Å². The van der Waals surface area contributed by atoms with Gasteiger partial charge in [-0.1, -0.05) is 49.6 Å². The SMILES string of the molecule is Nc1ccc(S(=O)(=O)N2CC3(CCCCC3)C2c2ccccc2)cc1. The highest BCUT2D eigenvalue weighted by molar-refractivity contribution is 7.89. The fourth-order valence-corrected chi connectivity index (χ4v) is 6.32. The van der Waals surface area contributed by atoms with Gasteiger partial charge < -0.3 is 5.73 Å². The monoisotopic (exact) mass is 356 g/mol. The molecule has 132 valence electrons. The normalized spacial score (nSPS) is 23.3. The van der Waals surface area contributed by atoms with E-state index in [1.54, 1.807) is 28.6 Å². The molecule has 1 atom stereocenters. The van der Waals surface area contributed by atoms with E-state index < -0.39 is 10.0 Å². The molecule has 1 aliphatic carbocycles. The molecular formula is C20H24N2O2S.